The van der Waals surface area contributed by atoms with Crippen molar-refractivity contribution in [1.82, 2.24) is 20.3 Å². The zero-order valence-corrected chi connectivity index (χ0v) is 13.5. The van der Waals surface area contributed by atoms with Gasteiger partial charge < -0.3 is 11.1 Å². The van der Waals surface area contributed by atoms with Crippen LogP contribution in [0.4, 0.5) is 4.39 Å². The lowest BCUT2D eigenvalue weighted by Crippen LogP contribution is -2.44. The number of nitrogens with one attached hydrogen (secondary N) is 1. The minimum Gasteiger partial charge on any atom is -0.348 e. The molecule has 2 aromatic rings. The van der Waals surface area contributed by atoms with Gasteiger partial charge in [-0.05, 0) is 43.0 Å². The van der Waals surface area contributed by atoms with E-state index >= 15 is 0 Å². The molecule has 1 aliphatic rings. The molecule has 2 atom stereocenters. The van der Waals surface area contributed by atoms with Crippen molar-refractivity contribution in [2.75, 3.05) is 6.54 Å². The van der Waals surface area contributed by atoms with E-state index in [1.54, 1.807) is 18.3 Å². The molecular weight excluding hydrogens is 309 g/mol. The van der Waals surface area contributed by atoms with Crippen molar-refractivity contribution >= 4 is 5.91 Å². The van der Waals surface area contributed by atoms with Crippen LogP contribution in [-0.2, 0) is 6.54 Å². The number of nitrogens with two attached hydrogens (primary N) is 1. The molecule has 3 N–H and O–H groups in total. The summed E-state index contributed by atoms with van der Waals surface area (Å²) < 4.78 is 14.7. The number of amides is 1. The predicted octanol–water partition coefficient (Wildman–Crippen LogP) is 1.71. The van der Waals surface area contributed by atoms with Gasteiger partial charge in [0.05, 0.1) is 12.7 Å². The van der Waals surface area contributed by atoms with Gasteiger partial charge in [0, 0.05) is 6.04 Å². The Labute approximate surface area is 140 Å². The van der Waals surface area contributed by atoms with E-state index in [9.17, 15) is 9.18 Å². The SMILES string of the molecule is NCC1CCCCC1NC(=O)c1cn(Cc2cccc(F)c2)nn1. The van der Waals surface area contributed by atoms with Crippen molar-refractivity contribution in [3.63, 3.8) is 0 Å². The zero-order chi connectivity index (χ0) is 16.9. The molecule has 7 heteroatoms. The molecule has 0 radical (unpaired) electrons. The number of hydrogen-bond acceptors (Lipinski definition) is 4. The van der Waals surface area contributed by atoms with Crippen LogP contribution in [0.15, 0.2) is 30.5 Å². The molecule has 1 aromatic carbocycles. The number of carbonyl (C=O) groups is 1. The van der Waals surface area contributed by atoms with Gasteiger partial charge in [0.1, 0.15) is 5.82 Å². The van der Waals surface area contributed by atoms with Gasteiger partial charge in [0.2, 0.25) is 0 Å². The molecule has 2 unspecified atom stereocenters. The molecule has 128 valence electrons. The summed E-state index contributed by atoms with van der Waals surface area (Å²) in [6.07, 6.45) is 5.85. The van der Waals surface area contributed by atoms with Crippen molar-refractivity contribution < 1.29 is 9.18 Å². The fourth-order valence-electron chi connectivity index (χ4n) is 3.22. The second-order valence-electron chi connectivity index (χ2n) is 6.29. The average Bonchev–Trinajstić information content (AvgIpc) is 3.04. The third-order valence-corrected chi connectivity index (χ3v) is 4.53. The third-order valence-electron chi connectivity index (χ3n) is 4.53. The van der Waals surface area contributed by atoms with Crippen LogP contribution in [-0.4, -0.2) is 33.5 Å². The van der Waals surface area contributed by atoms with Crippen LogP contribution in [0, 0.1) is 11.7 Å². The number of halogens is 1. The van der Waals surface area contributed by atoms with Crippen molar-refractivity contribution in [2.45, 2.75) is 38.3 Å². The third kappa shape index (κ3) is 3.97. The smallest absolute Gasteiger partial charge is 0.273 e. The molecule has 24 heavy (non-hydrogen) atoms. The highest BCUT2D eigenvalue weighted by atomic mass is 19.1. The van der Waals surface area contributed by atoms with Crippen LogP contribution in [0.1, 0.15) is 41.7 Å². The van der Waals surface area contributed by atoms with Gasteiger partial charge >= 0.3 is 0 Å². The number of hydrogen-bond donors (Lipinski definition) is 2. The van der Waals surface area contributed by atoms with E-state index in [0.717, 1.165) is 31.2 Å². The lowest BCUT2D eigenvalue weighted by Gasteiger charge is -2.30. The first-order valence-corrected chi connectivity index (χ1v) is 8.31. The second kappa shape index (κ2) is 7.53. The van der Waals surface area contributed by atoms with Gasteiger partial charge in [-0.15, -0.1) is 5.10 Å². The van der Waals surface area contributed by atoms with Crippen LogP contribution in [0.3, 0.4) is 0 Å². The molecule has 0 bridgehead atoms. The van der Waals surface area contributed by atoms with Gasteiger partial charge in [-0.1, -0.05) is 30.2 Å². The molecule has 1 saturated carbocycles. The Balaban J connectivity index is 1.63. The average molecular weight is 331 g/mol. The fraction of sp³-hybridized carbons (Fsp3) is 0.471. The van der Waals surface area contributed by atoms with E-state index in [1.165, 1.54) is 16.8 Å². The molecule has 1 heterocycles. The Hall–Kier alpha value is -2.28. The van der Waals surface area contributed by atoms with E-state index in [1.807, 2.05) is 0 Å². The maximum absolute atomic E-state index is 13.2. The summed E-state index contributed by atoms with van der Waals surface area (Å²) in [7, 11) is 0. The molecule has 0 aliphatic heterocycles. The highest BCUT2D eigenvalue weighted by Gasteiger charge is 2.26. The Morgan fingerprint density at radius 3 is 3.00 bits per heavy atom. The summed E-state index contributed by atoms with van der Waals surface area (Å²) in [5.41, 5.74) is 6.83. The quantitative estimate of drug-likeness (QED) is 0.873. The van der Waals surface area contributed by atoms with Gasteiger partial charge in [0.15, 0.2) is 5.69 Å². The Bertz CT molecular complexity index is 702. The maximum atomic E-state index is 13.2. The molecule has 1 fully saturated rings. The number of nitrogens with zero attached hydrogens (tertiary/aromatic N) is 3. The first-order chi connectivity index (χ1) is 11.7. The maximum Gasteiger partial charge on any atom is 0.273 e. The van der Waals surface area contributed by atoms with Gasteiger partial charge in [-0.25, -0.2) is 9.07 Å². The summed E-state index contributed by atoms with van der Waals surface area (Å²) in [6, 6.07) is 6.38. The predicted molar refractivity (Wildman–Crippen MR) is 87.8 cm³/mol. The molecule has 6 nitrogen and oxygen atoms in total. The highest BCUT2D eigenvalue weighted by molar-refractivity contribution is 5.92. The lowest BCUT2D eigenvalue weighted by molar-refractivity contribution is 0.0903. The van der Waals surface area contributed by atoms with Crippen molar-refractivity contribution in [1.29, 1.82) is 0 Å². The lowest BCUT2D eigenvalue weighted by atomic mass is 9.84. The first kappa shape index (κ1) is 16.6. The topological polar surface area (TPSA) is 85.8 Å². The summed E-state index contributed by atoms with van der Waals surface area (Å²) >= 11 is 0. The zero-order valence-electron chi connectivity index (χ0n) is 13.5. The first-order valence-electron chi connectivity index (χ1n) is 8.31. The molecule has 3 rings (SSSR count). The summed E-state index contributed by atoms with van der Waals surface area (Å²) in [4.78, 5) is 12.4. The Morgan fingerprint density at radius 1 is 1.38 bits per heavy atom. The highest BCUT2D eigenvalue weighted by Crippen LogP contribution is 2.23. The normalized spacial score (nSPS) is 20.8. The van der Waals surface area contributed by atoms with Crippen LogP contribution in [0.5, 0.6) is 0 Å². The summed E-state index contributed by atoms with van der Waals surface area (Å²) in [5.74, 6) is -0.202. The van der Waals surface area contributed by atoms with Crippen molar-refractivity contribution in [3.05, 3.63) is 47.5 Å². The fourth-order valence-corrected chi connectivity index (χ4v) is 3.22. The van der Waals surface area contributed by atoms with E-state index in [0.29, 0.717) is 19.0 Å². The molecular formula is C17H22FN5O. The standard InChI is InChI=1S/C17H22FN5O/c18-14-6-3-4-12(8-14)10-23-11-16(21-22-23)17(24)20-15-7-2-1-5-13(15)9-19/h3-4,6,8,11,13,15H,1-2,5,7,9-10,19H2,(H,20,24). The van der Waals surface area contributed by atoms with E-state index in [4.69, 9.17) is 5.73 Å². The molecule has 1 aliphatic carbocycles. The van der Waals surface area contributed by atoms with E-state index in [-0.39, 0.29) is 23.5 Å². The van der Waals surface area contributed by atoms with Crippen molar-refractivity contribution in [2.24, 2.45) is 11.7 Å². The minimum atomic E-state index is -0.296. The van der Waals surface area contributed by atoms with Crippen molar-refractivity contribution in [3.8, 4) is 0 Å². The van der Waals surface area contributed by atoms with Crippen LogP contribution < -0.4 is 11.1 Å². The number of rotatable bonds is 5. The Kier molecular flexibility index (Phi) is 5.20. The largest absolute Gasteiger partial charge is 0.348 e. The van der Waals surface area contributed by atoms with Gasteiger partial charge in [-0.2, -0.15) is 0 Å². The minimum absolute atomic E-state index is 0.101. The van der Waals surface area contributed by atoms with E-state index in [2.05, 4.69) is 15.6 Å². The van der Waals surface area contributed by atoms with Crippen LogP contribution in [0.2, 0.25) is 0 Å². The van der Waals surface area contributed by atoms with Gasteiger partial charge in [0.25, 0.3) is 5.91 Å². The Morgan fingerprint density at radius 2 is 2.21 bits per heavy atom. The number of carbonyl (C=O) groups excluding carboxylic acids is 1. The van der Waals surface area contributed by atoms with Gasteiger partial charge in [-0.3, -0.25) is 4.79 Å². The molecule has 0 spiro atoms. The van der Waals surface area contributed by atoms with Crippen LogP contribution in [0.25, 0.3) is 0 Å². The molecule has 0 saturated heterocycles. The number of aromatic nitrogens is 3. The summed E-state index contributed by atoms with van der Waals surface area (Å²) in [5, 5.41) is 10.9. The molecule has 1 amide bonds. The van der Waals surface area contributed by atoms with E-state index < -0.39 is 0 Å². The molecule has 1 aromatic heterocycles. The monoisotopic (exact) mass is 331 g/mol. The second-order valence-corrected chi connectivity index (χ2v) is 6.29. The van der Waals surface area contributed by atoms with Crippen LogP contribution >= 0.6 is 0 Å². The summed E-state index contributed by atoms with van der Waals surface area (Å²) in [6.45, 7) is 0.949. The number of benzene rings is 1.